The fourth-order valence-corrected chi connectivity index (χ4v) is 8.63. The van der Waals surface area contributed by atoms with Crippen LogP contribution in [0.15, 0.2) is 0 Å². The van der Waals surface area contributed by atoms with E-state index in [0.29, 0.717) is 6.42 Å². The van der Waals surface area contributed by atoms with Gasteiger partial charge in [0, 0.05) is 24.7 Å². The molecule has 0 amide bonds. The van der Waals surface area contributed by atoms with Crippen LogP contribution in [0.3, 0.4) is 0 Å². The van der Waals surface area contributed by atoms with E-state index >= 15 is 0 Å². The van der Waals surface area contributed by atoms with Crippen molar-refractivity contribution in [2.45, 2.75) is 148 Å². The summed E-state index contributed by atoms with van der Waals surface area (Å²) >= 11 is 0. The molecule has 0 aromatic heterocycles. The summed E-state index contributed by atoms with van der Waals surface area (Å²) in [7, 11) is -0.276. The first-order chi connectivity index (χ1) is 24.3. The van der Waals surface area contributed by atoms with Gasteiger partial charge in [-0.05, 0) is 67.0 Å². The highest BCUT2D eigenvalue weighted by molar-refractivity contribution is 7.85. The number of hydrogen-bond donors (Lipinski definition) is 2. The molecule has 3 heterocycles. The first-order valence-corrected chi connectivity index (χ1v) is 20.5. The van der Waals surface area contributed by atoms with Crippen LogP contribution < -0.4 is 0 Å². The molecule has 3 aliphatic rings. The molecular formula is C37H65NO14S. The molecule has 16 heteroatoms. The molecule has 3 rings (SSSR count). The van der Waals surface area contributed by atoms with Gasteiger partial charge in [0.1, 0.15) is 23.1 Å². The monoisotopic (exact) mass is 779 g/mol. The van der Waals surface area contributed by atoms with Gasteiger partial charge in [-0.25, -0.2) is 0 Å². The molecule has 0 saturated carbocycles. The van der Waals surface area contributed by atoms with Crippen LogP contribution in [0.25, 0.3) is 0 Å². The van der Waals surface area contributed by atoms with E-state index in [-0.39, 0.29) is 30.8 Å². The third-order valence-corrected chi connectivity index (χ3v) is 12.2. The van der Waals surface area contributed by atoms with E-state index in [1.165, 1.54) is 6.92 Å². The summed E-state index contributed by atoms with van der Waals surface area (Å²) in [5.41, 5.74) is -5.06. The van der Waals surface area contributed by atoms with Crippen LogP contribution in [0, 0.1) is 29.6 Å². The lowest BCUT2D eigenvalue weighted by Crippen LogP contribution is -2.61. The number of Topliss-reactive ketones (excluding diaryl/α,β-unsaturated/α-hetero) is 1. The fraction of sp³-hybridized carbons (Fsp3) is 0.919. The zero-order valence-corrected chi connectivity index (χ0v) is 34.6. The molecule has 1 unspecified atom stereocenters. The smallest absolute Gasteiger partial charge is 0.311 e. The van der Waals surface area contributed by atoms with Gasteiger partial charge in [0.15, 0.2) is 12.4 Å². The molecule has 0 aliphatic carbocycles. The highest BCUT2D eigenvalue weighted by atomic mass is 32.2. The molecule has 0 radical (unpaired) electrons. The van der Waals surface area contributed by atoms with Crippen molar-refractivity contribution >= 4 is 27.8 Å². The number of rotatable bonds is 8. The molecule has 3 fully saturated rings. The van der Waals surface area contributed by atoms with Crippen LogP contribution >= 0.6 is 0 Å². The number of hydrogen-bond acceptors (Lipinski definition) is 15. The Morgan fingerprint density at radius 3 is 2.19 bits per heavy atom. The molecule has 3 saturated heterocycles. The SMILES string of the molecule is CC[C@H]1OC(=O)[C@H](C)[C@H]2OCC(O)(COS(C)(=O)=O)CO[C@](C)(C[C@@H](C)C(=O)[C@H](C)[C@H](C)[C@]1(C)O)[C@H](O[C@H]1O[C@H](C)C[C@H](N(C)C)[C@H]1OC(C)=O)[C@H]2C. The standard InChI is InChI=1S/C37H65NO14S/c1-14-28-36(10,42)25(7)22(4)29(40)20(2)16-35(9)32(52-34-31(50-26(8)39)27(38(11)12)15-21(3)49-34)23(5)30(24(6)33(41)51-28)46-17-37(43,18-47-35)19-48-53(13,44)45/h20-25,27-28,30-32,34,42-43H,14-19H2,1-13H3/t20-,21-,22-,23+,24-,25+,27+,28-,30+,31-,32-,34-,35-,36+,37?/m1/s1. The summed E-state index contributed by atoms with van der Waals surface area (Å²) < 4.78 is 67.3. The Labute approximate surface area is 315 Å². The first-order valence-electron chi connectivity index (χ1n) is 18.7. The second-order valence-corrected chi connectivity index (χ2v) is 18.2. The number of ketones is 1. The van der Waals surface area contributed by atoms with Gasteiger partial charge in [-0.15, -0.1) is 0 Å². The second-order valence-electron chi connectivity index (χ2n) is 16.6. The number of aliphatic hydroxyl groups is 2. The number of esters is 2. The number of carbonyl (C=O) groups excluding carboxylic acids is 3. The Kier molecular flexibility index (Phi) is 15.1. The Bertz CT molecular complexity index is 1390. The number of ether oxygens (including phenoxy) is 6. The molecule has 0 spiro atoms. The van der Waals surface area contributed by atoms with E-state index in [2.05, 4.69) is 0 Å². The van der Waals surface area contributed by atoms with Crippen molar-refractivity contribution in [3.8, 4) is 0 Å². The Morgan fingerprint density at radius 1 is 1.02 bits per heavy atom. The number of nitrogens with zero attached hydrogens (tertiary/aromatic N) is 1. The van der Waals surface area contributed by atoms with Crippen LogP contribution in [0.2, 0.25) is 0 Å². The van der Waals surface area contributed by atoms with Crippen molar-refractivity contribution in [3.63, 3.8) is 0 Å². The van der Waals surface area contributed by atoms with Crippen molar-refractivity contribution in [1.29, 1.82) is 0 Å². The lowest BCUT2D eigenvalue weighted by atomic mass is 9.71. The average Bonchev–Trinajstić information content (AvgIpc) is 3.09. The van der Waals surface area contributed by atoms with Crippen LogP contribution in [0.1, 0.15) is 88.5 Å². The summed E-state index contributed by atoms with van der Waals surface area (Å²) in [6.07, 6.45) is -3.76. The van der Waals surface area contributed by atoms with E-state index in [4.69, 9.17) is 32.6 Å². The summed E-state index contributed by atoms with van der Waals surface area (Å²) in [4.78, 5) is 42.7. The summed E-state index contributed by atoms with van der Waals surface area (Å²) in [5, 5.41) is 23.6. The van der Waals surface area contributed by atoms with Crippen LogP contribution in [0.4, 0.5) is 0 Å². The zero-order valence-electron chi connectivity index (χ0n) is 33.8. The van der Waals surface area contributed by atoms with Crippen LogP contribution in [0.5, 0.6) is 0 Å². The van der Waals surface area contributed by atoms with Gasteiger partial charge in [0.05, 0.1) is 61.9 Å². The maximum absolute atomic E-state index is 14.3. The summed E-state index contributed by atoms with van der Waals surface area (Å²) in [6.45, 7) is 15.1. The normalized spacial score (nSPS) is 44.0. The first kappa shape index (κ1) is 45.6. The molecule has 2 N–H and O–H groups in total. The predicted molar refractivity (Wildman–Crippen MR) is 193 cm³/mol. The van der Waals surface area contributed by atoms with Crippen molar-refractivity contribution in [2.75, 3.05) is 40.2 Å². The predicted octanol–water partition coefficient (Wildman–Crippen LogP) is 2.48. The van der Waals surface area contributed by atoms with E-state index in [9.17, 15) is 33.0 Å². The Hall–Kier alpha value is -1.76. The summed E-state index contributed by atoms with van der Waals surface area (Å²) in [5.74, 6) is -5.22. The number of likely N-dealkylation sites (N-methyl/N-ethyl adjacent to an activating group) is 1. The van der Waals surface area contributed by atoms with Gasteiger partial charge in [-0.2, -0.15) is 8.42 Å². The largest absolute Gasteiger partial charge is 0.459 e. The average molecular weight is 780 g/mol. The van der Waals surface area contributed by atoms with E-state index in [1.54, 1.807) is 55.4 Å². The quantitative estimate of drug-likeness (QED) is 0.269. The van der Waals surface area contributed by atoms with Gasteiger partial charge >= 0.3 is 11.9 Å². The third kappa shape index (κ3) is 11.0. The van der Waals surface area contributed by atoms with E-state index in [1.807, 2.05) is 25.9 Å². The van der Waals surface area contributed by atoms with Gasteiger partial charge in [0.2, 0.25) is 0 Å². The molecule has 53 heavy (non-hydrogen) atoms. The molecule has 3 aliphatic heterocycles. The molecule has 0 aromatic rings. The van der Waals surface area contributed by atoms with Crippen molar-refractivity contribution in [1.82, 2.24) is 4.90 Å². The van der Waals surface area contributed by atoms with Gasteiger partial charge < -0.3 is 43.5 Å². The maximum atomic E-state index is 14.3. The maximum Gasteiger partial charge on any atom is 0.311 e. The Morgan fingerprint density at radius 2 is 1.64 bits per heavy atom. The fourth-order valence-electron chi connectivity index (χ4n) is 8.20. The number of fused-ring (bicyclic) bond motifs is 3. The molecule has 308 valence electrons. The van der Waals surface area contributed by atoms with E-state index in [0.717, 1.165) is 6.26 Å². The lowest BCUT2D eigenvalue weighted by molar-refractivity contribution is -0.305. The molecule has 2 bridgehead atoms. The zero-order chi connectivity index (χ0) is 40.4. The minimum absolute atomic E-state index is 0.0312. The number of cyclic esters (lactones) is 1. The van der Waals surface area contributed by atoms with Crippen LogP contribution in [-0.2, 0) is 57.1 Å². The topological polar surface area (TPSA) is 194 Å². The van der Waals surface area contributed by atoms with Crippen molar-refractivity contribution < 1.29 is 65.6 Å². The van der Waals surface area contributed by atoms with Gasteiger partial charge in [0.25, 0.3) is 10.1 Å². The Balaban J connectivity index is 2.29. The molecule has 15 atom stereocenters. The van der Waals surface area contributed by atoms with Gasteiger partial charge in [-0.1, -0.05) is 34.6 Å². The van der Waals surface area contributed by atoms with Crippen molar-refractivity contribution in [3.05, 3.63) is 0 Å². The highest BCUT2D eigenvalue weighted by Crippen LogP contribution is 2.42. The minimum Gasteiger partial charge on any atom is -0.459 e. The van der Waals surface area contributed by atoms with Crippen molar-refractivity contribution in [2.24, 2.45) is 29.6 Å². The molecule has 15 nitrogen and oxygen atoms in total. The highest BCUT2D eigenvalue weighted by Gasteiger charge is 2.54. The lowest BCUT2D eigenvalue weighted by Gasteiger charge is -2.49. The third-order valence-electron chi connectivity index (χ3n) is 11.7. The molecule has 0 aromatic carbocycles. The van der Waals surface area contributed by atoms with E-state index < -0.39 is 119 Å². The minimum atomic E-state index is -4.00. The molecular weight excluding hydrogens is 714 g/mol. The second kappa shape index (κ2) is 17.6. The summed E-state index contributed by atoms with van der Waals surface area (Å²) in [6, 6.07) is -0.301. The number of carbonyl (C=O) groups is 3. The van der Waals surface area contributed by atoms with Crippen LogP contribution in [-0.4, -0.2) is 141 Å². The van der Waals surface area contributed by atoms with Gasteiger partial charge in [-0.3, -0.25) is 18.6 Å².